The minimum atomic E-state index is -1.11. The van der Waals surface area contributed by atoms with Crippen molar-refractivity contribution in [1.82, 2.24) is 0 Å². The van der Waals surface area contributed by atoms with E-state index in [1.807, 2.05) is 33.8 Å². The molecular weight excluding hydrogens is 190 g/mol. The second kappa shape index (κ2) is 5.55. The number of esters is 1. The topological polar surface area (TPSA) is 50.1 Å². The normalized spacial score (nSPS) is 15.7. The molecule has 3 nitrogen and oxygen atoms in total. The molecule has 15 heavy (non-hydrogen) atoms. The Labute approximate surface area is 91.7 Å². The number of nitriles is 1. The van der Waals surface area contributed by atoms with Crippen molar-refractivity contribution in [2.45, 2.75) is 34.1 Å². The van der Waals surface area contributed by atoms with Gasteiger partial charge in [0.1, 0.15) is 0 Å². The van der Waals surface area contributed by atoms with Crippen molar-refractivity contribution < 1.29 is 9.53 Å². The smallest absolute Gasteiger partial charge is 0.330 e. The number of ether oxygens (including phenoxy) is 1. The van der Waals surface area contributed by atoms with Crippen molar-refractivity contribution in [2.24, 2.45) is 11.3 Å². The summed E-state index contributed by atoms with van der Waals surface area (Å²) in [6.07, 6.45) is 2.37. The summed E-state index contributed by atoms with van der Waals surface area (Å²) >= 11 is 0. The van der Waals surface area contributed by atoms with Crippen LogP contribution in [0.2, 0.25) is 0 Å². The van der Waals surface area contributed by atoms with E-state index in [1.54, 1.807) is 0 Å². The zero-order valence-corrected chi connectivity index (χ0v) is 10.1. The van der Waals surface area contributed by atoms with E-state index < -0.39 is 11.4 Å². The first-order chi connectivity index (χ1) is 6.94. The van der Waals surface area contributed by atoms with Crippen LogP contribution in [0.4, 0.5) is 0 Å². The molecule has 0 aliphatic heterocycles. The van der Waals surface area contributed by atoms with Crippen LogP contribution in [0.5, 0.6) is 0 Å². The molecule has 0 radical (unpaired) electrons. The molecule has 0 saturated carbocycles. The van der Waals surface area contributed by atoms with Crippen molar-refractivity contribution in [3.05, 3.63) is 11.6 Å². The van der Waals surface area contributed by atoms with E-state index in [2.05, 4.69) is 6.07 Å². The lowest BCUT2D eigenvalue weighted by Gasteiger charge is -2.23. The third kappa shape index (κ3) is 2.82. The van der Waals surface area contributed by atoms with Gasteiger partial charge in [-0.2, -0.15) is 5.26 Å². The molecule has 0 heterocycles. The maximum Gasteiger partial charge on any atom is 0.330 e. The third-order valence-electron chi connectivity index (χ3n) is 2.51. The first-order valence-corrected chi connectivity index (χ1v) is 5.13. The summed E-state index contributed by atoms with van der Waals surface area (Å²) in [5, 5.41) is 9.17. The Balaban J connectivity index is 5.31. The molecule has 3 heteroatoms. The number of carbonyl (C=O) groups is 1. The van der Waals surface area contributed by atoms with E-state index in [4.69, 9.17) is 10.00 Å². The fourth-order valence-electron chi connectivity index (χ4n) is 1.61. The summed E-state index contributed by atoms with van der Waals surface area (Å²) in [6, 6.07) is 2.08. The summed E-state index contributed by atoms with van der Waals surface area (Å²) in [5.41, 5.74) is -0.340. The van der Waals surface area contributed by atoms with Crippen LogP contribution in [0, 0.1) is 22.7 Å². The van der Waals surface area contributed by atoms with Gasteiger partial charge in [-0.05, 0) is 24.8 Å². The zero-order valence-electron chi connectivity index (χ0n) is 10.1. The van der Waals surface area contributed by atoms with Gasteiger partial charge in [0.05, 0.1) is 13.2 Å². The van der Waals surface area contributed by atoms with Crippen molar-refractivity contribution >= 4 is 5.97 Å². The lowest BCUT2D eigenvalue weighted by Crippen LogP contribution is -2.31. The number of carbonyl (C=O) groups excluding carboxylic acids is 1. The van der Waals surface area contributed by atoms with Crippen LogP contribution in [0.15, 0.2) is 11.6 Å². The first-order valence-electron chi connectivity index (χ1n) is 5.13. The molecule has 0 saturated heterocycles. The van der Waals surface area contributed by atoms with Crippen molar-refractivity contribution in [3.63, 3.8) is 0 Å². The molecule has 84 valence electrons. The summed E-state index contributed by atoms with van der Waals surface area (Å²) in [5.74, 6) is -0.157. The minimum absolute atomic E-state index is 0.314. The Kier molecular flexibility index (Phi) is 5.07. The fourth-order valence-corrected chi connectivity index (χ4v) is 1.61. The van der Waals surface area contributed by atoms with Crippen molar-refractivity contribution in [1.29, 1.82) is 5.26 Å². The number of hydrogen-bond donors (Lipinski definition) is 0. The predicted octanol–water partition coefficient (Wildman–Crippen LogP) is 2.68. The Morgan fingerprint density at radius 2 is 2.13 bits per heavy atom. The largest absolute Gasteiger partial charge is 0.468 e. The van der Waals surface area contributed by atoms with E-state index >= 15 is 0 Å². The van der Waals surface area contributed by atoms with Gasteiger partial charge >= 0.3 is 5.97 Å². The molecular formula is C12H19NO2. The van der Waals surface area contributed by atoms with Crippen LogP contribution in [-0.2, 0) is 9.53 Å². The zero-order chi connectivity index (χ0) is 12.1. The first kappa shape index (κ1) is 13.7. The summed E-state index contributed by atoms with van der Waals surface area (Å²) in [7, 11) is 1.31. The van der Waals surface area contributed by atoms with Gasteiger partial charge in [-0.15, -0.1) is 0 Å². The maximum atomic E-state index is 11.6. The van der Waals surface area contributed by atoms with E-state index in [-0.39, 0.29) is 0 Å². The van der Waals surface area contributed by atoms with Gasteiger partial charge in [-0.1, -0.05) is 26.8 Å². The molecule has 0 aromatic carbocycles. The molecule has 0 aliphatic rings. The second-order valence-corrected chi connectivity index (χ2v) is 3.96. The van der Waals surface area contributed by atoms with Gasteiger partial charge < -0.3 is 4.74 Å². The highest BCUT2D eigenvalue weighted by Crippen LogP contribution is 2.32. The fraction of sp³-hybridized carbons (Fsp3) is 0.667. The highest BCUT2D eigenvalue weighted by molar-refractivity contribution is 5.83. The molecule has 0 aliphatic carbocycles. The molecule has 0 unspecified atom stereocenters. The van der Waals surface area contributed by atoms with Gasteiger partial charge in [0, 0.05) is 0 Å². The Hall–Kier alpha value is -1.30. The quantitative estimate of drug-likeness (QED) is 0.528. The summed E-state index contributed by atoms with van der Waals surface area (Å²) < 4.78 is 4.70. The molecule has 0 aromatic rings. The molecule has 0 bridgehead atoms. The number of methoxy groups -OCH3 is 1. The molecule has 0 aromatic heterocycles. The second-order valence-electron chi connectivity index (χ2n) is 3.96. The highest BCUT2D eigenvalue weighted by atomic mass is 16.5. The lowest BCUT2D eigenvalue weighted by atomic mass is 9.78. The Bertz CT molecular complexity index is 299. The number of nitrogens with zero attached hydrogens (tertiary/aromatic N) is 1. The highest BCUT2D eigenvalue weighted by Gasteiger charge is 2.40. The minimum Gasteiger partial charge on any atom is -0.468 e. The van der Waals surface area contributed by atoms with Crippen LogP contribution in [0.25, 0.3) is 0 Å². The number of hydrogen-bond acceptors (Lipinski definition) is 3. The molecule has 0 amide bonds. The van der Waals surface area contributed by atoms with E-state index in [1.165, 1.54) is 7.11 Å². The Morgan fingerprint density at radius 1 is 1.60 bits per heavy atom. The van der Waals surface area contributed by atoms with Crippen molar-refractivity contribution in [3.8, 4) is 6.07 Å². The molecule has 0 spiro atoms. The predicted molar refractivity (Wildman–Crippen MR) is 58.9 cm³/mol. The van der Waals surface area contributed by atoms with E-state index in [0.717, 1.165) is 5.57 Å². The summed E-state index contributed by atoms with van der Waals surface area (Å²) in [4.78, 5) is 11.6. The molecule has 0 N–H and O–H groups in total. The van der Waals surface area contributed by atoms with Crippen LogP contribution < -0.4 is 0 Å². The van der Waals surface area contributed by atoms with Gasteiger partial charge in [0.25, 0.3) is 0 Å². The van der Waals surface area contributed by atoms with Crippen LogP contribution in [0.3, 0.4) is 0 Å². The van der Waals surface area contributed by atoms with Gasteiger partial charge in [0.2, 0.25) is 0 Å². The average Bonchev–Trinajstić information content (AvgIpc) is 2.19. The van der Waals surface area contributed by atoms with E-state index in [0.29, 0.717) is 12.3 Å². The van der Waals surface area contributed by atoms with Crippen LogP contribution in [-0.4, -0.2) is 13.1 Å². The van der Waals surface area contributed by atoms with Crippen LogP contribution in [0.1, 0.15) is 34.1 Å². The van der Waals surface area contributed by atoms with E-state index in [9.17, 15) is 4.79 Å². The third-order valence-corrected chi connectivity index (χ3v) is 2.51. The number of allylic oxidation sites excluding steroid dienone is 1. The monoisotopic (exact) mass is 209 g/mol. The van der Waals surface area contributed by atoms with Crippen molar-refractivity contribution in [2.75, 3.05) is 7.11 Å². The van der Waals surface area contributed by atoms with Crippen LogP contribution >= 0.6 is 0 Å². The maximum absolute atomic E-state index is 11.6. The molecule has 0 fully saturated rings. The number of rotatable bonds is 4. The van der Waals surface area contributed by atoms with Gasteiger partial charge in [-0.25, -0.2) is 4.79 Å². The van der Waals surface area contributed by atoms with Gasteiger partial charge in [-0.3, -0.25) is 0 Å². The Morgan fingerprint density at radius 3 is 2.40 bits per heavy atom. The summed E-state index contributed by atoms with van der Waals surface area (Å²) in [6.45, 7) is 7.65. The average molecular weight is 209 g/mol. The lowest BCUT2D eigenvalue weighted by molar-refractivity contribution is -0.147. The standard InChI is InChI=1S/C12H19NO2/c1-6-12(8-13,11(14)15-5)10(4)7-9(2)3/h7,9H,6H2,1-5H3/b10-7+/t12-/m0/s1. The van der Waals surface area contributed by atoms with Gasteiger partial charge in [0.15, 0.2) is 5.41 Å². The SMILES string of the molecule is CC[C@@](C#N)(C(=O)OC)/C(C)=C/C(C)C. The molecule has 0 rings (SSSR count). The molecule has 1 atom stereocenters.